The third-order valence-corrected chi connectivity index (χ3v) is 4.85. The molecule has 0 saturated carbocycles. The zero-order valence-electron chi connectivity index (χ0n) is 14.8. The Bertz CT molecular complexity index is 1070. The normalized spacial score (nSPS) is 11.1. The third kappa shape index (κ3) is 3.88. The number of nitrogens with zero attached hydrogens (tertiary/aromatic N) is 1. The number of rotatable bonds is 6. The molecule has 0 bridgehead atoms. The summed E-state index contributed by atoms with van der Waals surface area (Å²) in [7, 11) is 0. The monoisotopic (exact) mass is 387 g/mol. The van der Waals surface area contributed by atoms with Crippen molar-refractivity contribution in [2.45, 2.75) is 32.7 Å². The number of fused-ring (bicyclic) bond motifs is 1. The summed E-state index contributed by atoms with van der Waals surface area (Å²) in [4.78, 5) is 24.1. The van der Waals surface area contributed by atoms with Crippen molar-refractivity contribution in [1.29, 1.82) is 0 Å². The van der Waals surface area contributed by atoms with Crippen molar-refractivity contribution in [3.05, 3.63) is 80.3 Å². The van der Waals surface area contributed by atoms with Crippen molar-refractivity contribution in [2.75, 3.05) is 0 Å². The Balaban J connectivity index is 2.13. The molecular formula is C21H19ClFNO3. The van der Waals surface area contributed by atoms with Gasteiger partial charge in [-0.25, -0.2) is 9.18 Å². The fraction of sp³-hybridized carbons (Fsp3) is 0.238. The molecule has 0 amide bonds. The van der Waals surface area contributed by atoms with E-state index in [0.717, 1.165) is 12.8 Å². The number of hydrogen-bond donors (Lipinski definition) is 1. The lowest BCUT2D eigenvalue weighted by Gasteiger charge is -2.13. The molecule has 140 valence electrons. The molecule has 1 heterocycles. The van der Waals surface area contributed by atoms with E-state index >= 15 is 0 Å². The summed E-state index contributed by atoms with van der Waals surface area (Å²) in [5.41, 5.74) is 1.02. The first-order chi connectivity index (χ1) is 12.9. The number of aromatic nitrogens is 1. The van der Waals surface area contributed by atoms with Gasteiger partial charge in [-0.15, -0.1) is 0 Å². The summed E-state index contributed by atoms with van der Waals surface area (Å²) in [6.07, 6.45) is 3.47. The molecule has 0 spiro atoms. The third-order valence-electron chi connectivity index (χ3n) is 4.55. The highest BCUT2D eigenvalue weighted by atomic mass is 35.5. The van der Waals surface area contributed by atoms with Gasteiger partial charge in [-0.1, -0.05) is 43.1 Å². The van der Waals surface area contributed by atoms with Gasteiger partial charge < -0.3 is 9.67 Å². The molecule has 0 atom stereocenters. The lowest BCUT2D eigenvalue weighted by molar-refractivity contribution is 0.0695. The molecule has 2 aromatic carbocycles. The van der Waals surface area contributed by atoms with E-state index in [-0.39, 0.29) is 17.0 Å². The van der Waals surface area contributed by atoms with Crippen molar-refractivity contribution in [3.63, 3.8) is 0 Å². The fourth-order valence-electron chi connectivity index (χ4n) is 3.13. The predicted molar refractivity (Wildman–Crippen MR) is 104 cm³/mol. The van der Waals surface area contributed by atoms with Crippen molar-refractivity contribution in [2.24, 2.45) is 0 Å². The highest BCUT2D eigenvalue weighted by Crippen LogP contribution is 2.22. The largest absolute Gasteiger partial charge is 0.477 e. The van der Waals surface area contributed by atoms with Crippen LogP contribution in [-0.4, -0.2) is 15.6 Å². The Morgan fingerprint density at radius 1 is 1.26 bits per heavy atom. The van der Waals surface area contributed by atoms with Gasteiger partial charge in [0.05, 0.1) is 10.5 Å². The van der Waals surface area contributed by atoms with Crippen LogP contribution in [0, 0.1) is 5.82 Å². The quantitative estimate of drug-likeness (QED) is 0.655. The van der Waals surface area contributed by atoms with E-state index in [1.165, 1.54) is 12.3 Å². The Hall–Kier alpha value is -2.66. The van der Waals surface area contributed by atoms with Crippen molar-refractivity contribution >= 4 is 28.5 Å². The number of pyridine rings is 1. The summed E-state index contributed by atoms with van der Waals surface area (Å²) >= 11 is 5.83. The van der Waals surface area contributed by atoms with Gasteiger partial charge >= 0.3 is 5.97 Å². The number of carboxylic acids is 1. The maximum absolute atomic E-state index is 14.2. The molecular weight excluding hydrogens is 369 g/mol. The zero-order valence-corrected chi connectivity index (χ0v) is 15.6. The lowest BCUT2D eigenvalue weighted by Crippen LogP contribution is -2.19. The van der Waals surface area contributed by atoms with E-state index in [2.05, 4.69) is 0 Å². The summed E-state index contributed by atoms with van der Waals surface area (Å²) in [5, 5.41) is 9.74. The molecule has 27 heavy (non-hydrogen) atoms. The van der Waals surface area contributed by atoms with Crippen LogP contribution in [0.5, 0.6) is 0 Å². The predicted octanol–water partition coefficient (Wildman–Crippen LogP) is 4.88. The Morgan fingerprint density at radius 2 is 2.04 bits per heavy atom. The number of carboxylic acid groups (broad SMARTS) is 1. The second-order valence-electron chi connectivity index (χ2n) is 6.47. The maximum Gasteiger partial charge on any atom is 0.341 e. The van der Waals surface area contributed by atoms with Gasteiger partial charge in [0.25, 0.3) is 0 Å². The van der Waals surface area contributed by atoms with Gasteiger partial charge in [-0.05, 0) is 35.7 Å². The number of unbranched alkanes of at least 4 members (excludes halogenated alkanes) is 1. The van der Waals surface area contributed by atoms with Gasteiger partial charge in [0.2, 0.25) is 5.43 Å². The molecule has 0 radical (unpaired) electrons. The molecule has 1 N–H and O–H groups in total. The van der Waals surface area contributed by atoms with Crippen molar-refractivity contribution in [1.82, 2.24) is 4.57 Å². The Labute approximate surface area is 160 Å². The average molecular weight is 388 g/mol. The van der Waals surface area contributed by atoms with Crippen LogP contribution < -0.4 is 5.43 Å². The molecule has 0 aliphatic rings. The number of benzene rings is 2. The van der Waals surface area contributed by atoms with Crippen molar-refractivity contribution in [3.8, 4) is 0 Å². The molecule has 0 saturated heterocycles. The first-order valence-corrected chi connectivity index (χ1v) is 9.12. The molecule has 0 aliphatic heterocycles. The summed E-state index contributed by atoms with van der Waals surface area (Å²) < 4.78 is 16.0. The van der Waals surface area contributed by atoms with Crippen LogP contribution >= 0.6 is 11.6 Å². The van der Waals surface area contributed by atoms with Crippen LogP contribution in [0.3, 0.4) is 0 Å². The van der Waals surface area contributed by atoms with Gasteiger partial charge in [0.1, 0.15) is 11.4 Å². The number of aryl methyl sites for hydroxylation is 1. The minimum Gasteiger partial charge on any atom is -0.477 e. The van der Waals surface area contributed by atoms with Gasteiger partial charge in [0, 0.05) is 24.5 Å². The maximum atomic E-state index is 14.2. The Kier molecular flexibility index (Phi) is 5.61. The highest BCUT2D eigenvalue weighted by molar-refractivity contribution is 6.30. The SMILES string of the molecule is CCCCn1cc(C(=O)O)c(=O)c2cc(Cc3cccc(Cl)c3F)ccc21. The van der Waals surface area contributed by atoms with Crippen LogP contribution in [0.25, 0.3) is 10.9 Å². The van der Waals surface area contributed by atoms with Gasteiger partial charge in [-0.3, -0.25) is 4.79 Å². The standard InChI is InChI=1S/C21H19ClFNO3/c1-2-3-9-24-12-16(21(26)27)20(25)15-11-13(7-8-18(15)24)10-14-5-4-6-17(22)19(14)23/h4-8,11-12H,2-3,9-10H2,1H3,(H,26,27). The number of halogens is 2. The van der Waals surface area contributed by atoms with Crippen LogP contribution in [0.2, 0.25) is 5.02 Å². The topological polar surface area (TPSA) is 59.3 Å². The van der Waals surface area contributed by atoms with Crippen LogP contribution in [0.4, 0.5) is 4.39 Å². The van der Waals surface area contributed by atoms with E-state index in [0.29, 0.717) is 28.6 Å². The average Bonchev–Trinajstić information content (AvgIpc) is 2.65. The van der Waals surface area contributed by atoms with Crippen LogP contribution in [-0.2, 0) is 13.0 Å². The summed E-state index contributed by atoms with van der Waals surface area (Å²) in [6, 6.07) is 10.0. The first-order valence-electron chi connectivity index (χ1n) is 8.74. The molecule has 0 unspecified atom stereocenters. The van der Waals surface area contributed by atoms with E-state index < -0.39 is 17.2 Å². The lowest BCUT2D eigenvalue weighted by atomic mass is 10.0. The highest BCUT2D eigenvalue weighted by Gasteiger charge is 2.15. The minimum atomic E-state index is -1.25. The molecule has 0 fully saturated rings. The van der Waals surface area contributed by atoms with Gasteiger partial charge in [0.15, 0.2) is 0 Å². The number of hydrogen-bond acceptors (Lipinski definition) is 2. The van der Waals surface area contributed by atoms with E-state index in [1.54, 1.807) is 28.8 Å². The van der Waals surface area contributed by atoms with Gasteiger partial charge in [-0.2, -0.15) is 0 Å². The zero-order chi connectivity index (χ0) is 19.6. The van der Waals surface area contributed by atoms with E-state index in [9.17, 15) is 19.1 Å². The van der Waals surface area contributed by atoms with Crippen LogP contribution in [0.1, 0.15) is 41.3 Å². The summed E-state index contributed by atoms with van der Waals surface area (Å²) in [6.45, 7) is 2.66. The fourth-order valence-corrected chi connectivity index (χ4v) is 3.32. The molecule has 1 aromatic heterocycles. The summed E-state index contributed by atoms with van der Waals surface area (Å²) in [5.74, 6) is -1.74. The molecule has 0 aliphatic carbocycles. The van der Waals surface area contributed by atoms with Crippen molar-refractivity contribution < 1.29 is 14.3 Å². The molecule has 3 aromatic rings. The van der Waals surface area contributed by atoms with Crippen LogP contribution in [0.15, 0.2) is 47.4 Å². The smallest absolute Gasteiger partial charge is 0.341 e. The number of carbonyl (C=O) groups is 1. The number of aromatic carboxylic acids is 1. The molecule has 6 heteroatoms. The second kappa shape index (κ2) is 7.92. The Morgan fingerprint density at radius 3 is 2.74 bits per heavy atom. The van der Waals surface area contributed by atoms with E-state index in [1.807, 2.05) is 13.0 Å². The van der Waals surface area contributed by atoms with E-state index in [4.69, 9.17) is 11.6 Å². The second-order valence-corrected chi connectivity index (χ2v) is 6.87. The first kappa shape index (κ1) is 19.1. The molecule has 4 nitrogen and oxygen atoms in total. The minimum absolute atomic E-state index is 0.0448. The molecule has 3 rings (SSSR count).